The normalized spacial score (nSPS) is 15.9. The number of carbonyl (C=O) groups is 1. The average molecular weight is 394 g/mol. The minimum Gasteiger partial charge on any atom is -0.444 e. The van der Waals surface area contributed by atoms with Gasteiger partial charge in [-0.2, -0.15) is 4.98 Å². The molecule has 0 saturated carbocycles. The minimum absolute atomic E-state index is 0.0326. The van der Waals surface area contributed by atoms with Crippen molar-refractivity contribution in [2.45, 2.75) is 71.6 Å². The standard InChI is InChI=1S/C18H30N6O4/c1-17(2,3)22-15-19-11-13(24(26)27)14(21-15)20-12-7-9-23(10-8-12)16(25)28-18(4,5)6/h11-12H,7-10H2,1-6H3,(H2,19,20,21,22). The first-order valence-electron chi connectivity index (χ1n) is 9.38. The molecule has 0 atom stereocenters. The molecule has 1 aromatic rings. The predicted octanol–water partition coefficient (Wildman–Crippen LogP) is 3.41. The summed E-state index contributed by atoms with van der Waals surface area (Å²) in [5.41, 5.74) is -0.981. The molecular weight excluding hydrogens is 364 g/mol. The van der Waals surface area contributed by atoms with Crippen molar-refractivity contribution in [2.75, 3.05) is 23.7 Å². The van der Waals surface area contributed by atoms with Crippen molar-refractivity contribution in [3.63, 3.8) is 0 Å². The van der Waals surface area contributed by atoms with Crippen LogP contribution in [0.3, 0.4) is 0 Å². The molecule has 1 aliphatic rings. The van der Waals surface area contributed by atoms with E-state index in [1.165, 1.54) is 6.20 Å². The van der Waals surface area contributed by atoms with E-state index in [0.717, 1.165) is 0 Å². The number of hydrogen-bond donors (Lipinski definition) is 2. The van der Waals surface area contributed by atoms with E-state index in [1.807, 2.05) is 41.5 Å². The van der Waals surface area contributed by atoms with Crippen LogP contribution in [0.4, 0.5) is 22.2 Å². The molecule has 1 aliphatic heterocycles. The van der Waals surface area contributed by atoms with Gasteiger partial charge in [-0.05, 0) is 54.4 Å². The fraction of sp³-hybridized carbons (Fsp3) is 0.722. The molecule has 1 amide bonds. The van der Waals surface area contributed by atoms with Crippen molar-refractivity contribution in [1.29, 1.82) is 0 Å². The Labute approximate surface area is 165 Å². The van der Waals surface area contributed by atoms with Crippen molar-refractivity contribution in [3.05, 3.63) is 16.3 Å². The summed E-state index contributed by atoms with van der Waals surface area (Å²) in [7, 11) is 0. The second kappa shape index (κ2) is 8.15. The second-order valence-corrected chi connectivity index (χ2v) is 8.95. The molecule has 0 bridgehead atoms. The van der Waals surface area contributed by atoms with E-state index in [1.54, 1.807) is 4.90 Å². The van der Waals surface area contributed by atoms with Crippen LogP contribution in [0.2, 0.25) is 0 Å². The third kappa shape index (κ3) is 6.50. The van der Waals surface area contributed by atoms with Crippen LogP contribution in [0.15, 0.2) is 6.20 Å². The molecule has 0 unspecified atom stereocenters. The number of rotatable bonds is 4. The lowest BCUT2D eigenvalue weighted by atomic mass is 10.1. The zero-order chi connectivity index (χ0) is 21.1. The number of carbonyl (C=O) groups excluding carboxylic acids is 1. The van der Waals surface area contributed by atoms with E-state index in [2.05, 4.69) is 20.6 Å². The molecule has 1 aromatic heterocycles. The van der Waals surface area contributed by atoms with E-state index in [9.17, 15) is 14.9 Å². The van der Waals surface area contributed by atoms with Crippen molar-refractivity contribution in [2.24, 2.45) is 0 Å². The van der Waals surface area contributed by atoms with Gasteiger partial charge in [-0.25, -0.2) is 9.78 Å². The summed E-state index contributed by atoms with van der Waals surface area (Å²) in [4.78, 5) is 33.0. The van der Waals surface area contributed by atoms with E-state index < -0.39 is 10.5 Å². The molecule has 2 N–H and O–H groups in total. The molecule has 0 spiro atoms. The van der Waals surface area contributed by atoms with Crippen LogP contribution in [0, 0.1) is 10.1 Å². The fourth-order valence-corrected chi connectivity index (χ4v) is 2.74. The van der Waals surface area contributed by atoms with Crippen LogP contribution in [0.25, 0.3) is 0 Å². The summed E-state index contributed by atoms with van der Waals surface area (Å²) in [6.45, 7) is 12.4. The highest BCUT2D eigenvalue weighted by Crippen LogP contribution is 2.26. The van der Waals surface area contributed by atoms with Crippen molar-refractivity contribution >= 4 is 23.5 Å². The zero-order valence-corrected chi connectivity index (χ0v) is 17.4. The van der Waals surface area contributed by atoms with Gasteiger partial charge in [0.1, 0.15) is 11.8 Å². The lowest BCUT2D eigenvalue weighted by Crippen LogP contribution is -2.44. The van der Waals surface area contributed by atoms with Crippen LogP contribution >= 0.6 is 0 Å². The molecule has 1 saturated heterocycles. The zero-order valence-electron chi connectivity index (χ0n) is 17.4. The summed E-state index contributed by atoms with van der Waals surface area (Å²) in [5.74, 6) is 0.509. The highest BCUT2D eigenvalue weighted by molar-refractivity contribution is 5.68. The lowest BCUT2D eigenvalue weighted by Gasteiger charge is -2.33. The number of hydrogen-bond acceptors (Lipinski definition) is 8. The molecule has 0 aliphatic carbocycles. The predicted molar refractivity (Wildman–Crippen MR) is 107 cm³/mol. The van der Waals surface area contributed by atoms with Crippen LogP contribution in [0.1, 0.15) is 54.4 Å². The van der Waals surface area contributed by atoms with Crippen molar-refractivity contribution < 1.29 is 14.5 Å². The maximum atomic E-state index is 12.2. The number of aromatic nitrogens is 2. The van der Waals surface area contributed by atoms with Gasteiger partial charge in [0.05, 0.1) is 4.92 Å². The molecule has 0 radical (unpaired) electrons. The van der Waals surface area contributed by atoms with Crippen LogP contribution in [-0.4, -0.2) is 56.2 Å². The Morgan fingerprint density at radius 1 is 1.25 bits per heavy atom. The molecular formula is C18H30N6O4. The van der Waals surface area contributed by atoms with Gasteiger partial charge in [0, 0.05) is 24.7 Å². The summed E-state index contributed by atoms with van der Waals surface area (Å²) >= 11 is 0. The van der Waals surface area contributed by atoms with E-state index in [-0.39, 0.29) is 29.2 Å². The Balaban J connectivity index is 2.04. The van der Waals surface area contributed by atoms with Gasteiger partial charge in [-0.3, -0.25) is 10.1 Å². The quantitative estimate of drug-likeness (QED) is 0.588. The molecule has 10 nitrogen and oxygen atoms in total. The number of ether oxygens (including phenoxy) is 1. The SMILES string of the molecule is CC(C)(C)Nc1ncc([N+](=O)[O-])c(NC2CCN(C(=O)OC(C)(C)C)CC2)n1. The number of anilines is 2. The fourth-order valence-electron chi connectivity index (χ4n) is 2.74. The van der Waals surface area contributed by atoms with Gasteiger partial charge in [0.25, 0.3) is 0 Å². The largest absolute Gasteiger partial charge is 0.444 e. The Hall–Kier alpha value is -2.65. The van der Waals surface area contributed by atoms with Gasteiger partial charge < -0.3 is 20.3 Å². The van der Waals surface area contributed by atoms with Crippen LogP contribution < -0.4 is 10.6 Å². The van der Waals surface area contributed by atoms with Gasteiger partial charge >= 0.3 is 11.8 Å². The Morgan fingerprint density at radius 2 is 1.86 bits per heavy atom. The third-order valence-electron chi connectivity index (χ3n) is 3.94. The maximum Gasteiger partial charge on any atom is 0.410 e. The van der Waals surface area contributed by atoms with E-state index in [4.69, 9.17) is 4.74 Å². The highest BCUT2D eigenvalue weighted by Gasteiger charge is 2.28. The number of amides is 1. The molecule has 2 rings (SSSR count). The molecule has 10 heteroatoms. The lowest BCUT2D eigenvalue weighted by molar-refractivity contribution is -0.384. The molecule has 28 heavy (non-hydrogen) atoms. The number of likely N-dealkylation sites (tertiary alicyclic amines) is 1. The number of piperidine rings is 1. The third-order valence-corrected chi connectivity index (χ3v) is 3.94. The van der Waals surface area contributed by atoms with Crippen molar-refractivity contribution in [3.8, 4) is 0 Å². The van der Waals surface area contributed by atoms with Gasteiger partial charge in [0.2, 0.25) is 11.8 Å². The monoisotopic (exact) mass is 394 g/mol. The first-order valence-corrected chi connectivity index (χ1v) is 9.38. The smallest absolute Gasteiger partial charge is 0.410 e. The Kier molecular flexibility index (Phi) is 6.30. The average Bonchev–Trinajstić information content (AvgIpc) is 2.52. The Bertz CT molecular complexity index is 718. The Morgan fingerprint density at radius 3 is 2.36 bits per heavy atom. The summed E-state index contributed by atoms with van der Waals surface area (Å²) in [6.07, 6.45) is 2.15. The number of nitrogens with one attached hydrogen (secondary N) is 2. The topological polar surface area (TPSA) is 123 Å². The summed E-state index contributed by atoms with van der Waals surface area (Å²) in [6, 6.07) is -0.0326. The molecule has 156 valence electrons. The highest BCUT2D eigenvalue weighted by atomic mass is 16.6. The maximum absolute atomic E-state index is 12.2. The first kappa shape index (κ1) is 21.6. The summed E-state index contributed by atoms with van der Waals surface area (Å²) < 4.78 is 5.39. The molecule has 1 fully saturated rings. The first-order chi connectivity index (χ1) is 12.8. The van der Waals surface area contributed by atoms with Gasteiger partial charge in [0.15, 0.2) is 0 Å². The van der Waals surface area contributed by atoms with Gasteiger partial charge in [-0.15, -0.1) is 0 Å². The number of nitrogens with zero attached hydrogens (tertiary/aromatic N) is 4. The second-order valence-electron chi connectivity index (χ2n) is 8.95. The number of nitro groups is 1. The molecule has 2 heterocycles. The van der Waals surface area contributed by atoms with E-state index in [0.29, 0.717) is 31.9 Å². The van der Waals surface area contributed by atoms with Crippen LogP contribution in [-0.2, 0) is 4.74 Å². The van der Waals surface area contributed by atoms with Crippen molar-refractivity contribution in [1.82, 2.24) is 14.9 Å². The van der Waals surface area contributed by atoms with Gasteiger partial charge in [-0.1, -0.05) is 0 Å². The van der Waals surface area contributed by atoms with Crippen LogP contribution in [0.5, 0.6) is 0 Å². The summed E-state index contributed by atoms with van der Waals surface area (Å²) in [5, 5.41) is 17.6. The van der Waals surface area contributed by atoms with E-state index >= 15 is 0 Å². The minimum atomic E-state index is -0.537. The molecule has 0 aromatic carbocycles.